The summed E-state index contributed by atoms with van der Waals surface area (Å²) in [5.74, 6) is -0.481. The molecule has 116 valence electrons. The van der Waals surface area contributed by atoms with Crippen LogP contribution < -0.4 is 5.32 Å². The van der Waals surface area contributed by atoms with Gasteiger partial charge in [-0.15, -0.1) is 0 Å². The summed E-state index contributed by atoms with van der Waals surface area (Å²) >= 11 is 12.1. The second-order valence-electron chi connectivity index (χ2n) is 6.27. The average Bonchev–Trinajstić information content (AvgIpc) is 2.95. The molecule has 1 saturated heterocycles. The fourth-order valence-corrected chi connectivity index (χ4v) is 3.82. The predicted octanol–water partition coefficient (Wildman–Crippen LogP) is 1.80. The normalized spacial score (nSPS) is 32.3. The lowest BCUT2D eigenvalue weighted by Crippen LogP contribution is -2.40. The number of carbonyl (C=O) groups excluding carboxylic acids is 2. The van der Waals surface area contributed by atoms with Gasteiger partial charge in [0.1, 0.15) is 0 Å². The third-order valence-electron chi connectivity index (χ3n) is 4.91. The lowest BCUT2D eigenvalue weighted by Gasteiger charge is -2.23. The number of benzene rings is 1. The van der Waals surface area contributed by atoms with Crippen LogP contribution in [0.15, 0.2) is 12.1 Å². The fourth-order valence-electron chi connectivity index (χ4n) is 3.49. The van der Waals surface area contributed by atoms with Gasteiger partial charge in [-0.1, -0.05) is 23.2 Å². The van der Waals surface area contributed by atoms with Crippen molar-refractivity contribution in [3.8, 4) is 0 Å². The molecule has 0 radical (unpaired) electrons. The van der Waals surface area contributed by atoms with Crippen molar-refractivity contribution < 1.29 is 14.7 Å². The molecule has 3 aliphatic rings. The van der Waals surface area contributed by atoms with Crippen molar-refractivity contribution in [3.63, 3.8) is 0 Å². The lowest BCUT2D eigenvalue weighted by molar-refractivity contribution is -0.132. The molecule has 1 aromatic rings. The first-order valence-corrected chi connectivity index (χ1v) is 7.96. The van der Waals surface area contributed by atoms with Gasteiger partial charge in [0, 0.05) is 18.8 Å². The highest BCUT2D eigenvalue weighted by molar-refractivity contribution is 6.42. The molecule has 1 spiro atoms. The van der Waals surface area contributed by atoms with Gasteiger partial charge in [-0.05, 0) is 30.5 Å². The molecule has 2 unspecified atom stereocenters. The number of hydrogen-bond donors (Lipinski definition) is 2. The molecular weight excluding hydrogens is 327 g/mol. The van der Waals surface area contributed by atoms with Crippen LogP contribution in [0.4, 0.5) is 5.69 Å². The third kappa shape index (κ3) is 1.89. The minimum absolute atomic E-state index is 0.0642. The Morgan fingerprint density at radius 1 is 1.36 bits per heavy atom. The summed E-state index contributed by atoms with van der Waals surface area (Å²) in [6, 6.07) is 3.37. The van der Waals surface area contributed by atoms with E-state index in [1.807, 2.05) is 0 Å². The van der Waals surface area contributed by atoms with Crippen LogP contribution in [-0.4, -0.2) is 41.0 Å². The molecule has 2 heterocycles. The summed E-state index contributed by atoms with van der Waals surface area (Å²) in [4.78, 5) is 26.5. The molecule has 0 aromatic heterocycles. The number of halogens is 2. The summed E-state index contributed by atoms with van der Waals surface area (Å²) in [6.07, 6.45) is 0.548. The van der Waals surface area contributed by atoms with Gasteiger partial charge < -0.3 is 15.3 Å². The van der Waals surface area contributed by atoms with E-state index < -0.39 is 11.5 Å². The quantitative estimate of drug-likeness (QED) is 0.818. The molecule has 0 bridgehead atoms. The Hall–Kier alpha value is -1.30. The van der Waals surface area contributed by atoms with Crippen molar-refractivity contribution in [3.05, 3.63) is 27.7 Å². The van der Waals surface area contributed by atoms with Crippen LogP contribution in [0.1, 0.15) is 18.4 Å². The Balaban J connectivity index is 1.67. The largest absolute Gasteiger partial charge is 0.392 e. The standard InChI is InChI=1S/C15H14Cl2N2O3/c16-9-4-8-11(5-10(9)17)18-14(22)15(8)1-2-19(6-15)13(21)7-3-12(7)20/h4-5,7,12,20H,1-3,6H2,(H,18,22)/t7?,12?,15-/m1/s1. The van der Waals surface area contributed by atoms with Crippen LogP contribution >= 0.6 is 23.2 Å². The first kappa shape index (κ1) is 14.3. The van der Waals surface area contributed by atoms with Crippen molar-refractivity contribution >= 4 is 40.7 Å². The summed E-state index contributed by atoms with van der Waals surface area (Å²) in [6.45, 7) is 0.834. The number of rotatable bonds is 1. The van der Waals surface area contributed by atoms with Crippen molar-refractivity contribution in [2.75, 3.05) is 18.4 Å². The molecule has 2 aliphatic heterocycles. The molecular formula is C15H14Cl2N2O3. The summed E-state index contributed by atoms with van der Waals surface area (Å²) in [7, 11) is 0. The van der Waals surface area contributed by atoms with Gasteiger partial charge in [-0.3, -0.25) is 9.59 Å². The Kier molecular flexibility index (Phi) is 2.99. The summed E-state index contributed by atoms with van der Waals surface area (Å²) < 4.78 is 0. The number of amides is 2. The average molecular weight is 341 g/mol. The molecule has 2 fully saturated rings. The van der Waals surface area contributed by atoms with Gasteiger partial charge in [0.15, 0.2) is 0 Å². The van der Waals surface area contributed by atoms with Crippen molar-refractivity contribution in [1.29, 1.82) is 0 Å². The number of anilines is 1. The maximum Gasteiger partial charge on any atom is 0.237 e. The second kappa shape index (κ2) is 4.60. The fraction of sp³-hybridized carbons (Fsp3) is 0.467. The topological polar surface area (TPSA) is 69.6 Å². The van der Waals surface area contributed by atoms with E-state index in [1.165, 1.54) is 0 Å². The molecule has 4 rings (SSSR count). The van der Waals surface area contributed by atoms with E-state index in [1.54, 1.807) is 17.0 Å². The van der Waals surface area contributed by atoms with Gasteiger partial charge in [0.2, 0.25) is 11.8 Å². The molecule has 5 nitrogen and oxygen atoms in total. The molecule has 7 heteroatoms. The highest BCUT2D eigenvalue weighted by Crippen LogP contribution is 2.47. The maximum absolute atomic E-state index is 12.5. The van der Waals surface area contributed by atoms with Gasteiger partial charge in [-0.2, -0.15) is 0 Å². The first-order chi connectivity index (χ1) is 10.4. The predicted molar refractivity (Wildman–Crippen MR) is 82.1 cm³/mol. The number of likely N-dealkylation sites (tertiary alicyclic amines) is 1. The molecule has 1 saturated carbocycles. The van der Waals surface area contributed by atoms with E-state index >= 15 is 0 Å². The minimum Gasteiger partial charge on any atom is -0.392 e. The molecule has 22 heavy (non-hydrogen) atoms. The Bertz CT molecular complexity index is 708. The van der Waals surface area contributed by atoms with Crippen LogP contribution in [0.25, 0.3) is 0 Å². The Labute approximate surface area is 137 Å². The second-order valence-corrected chi connectivity index (χ2v) is 7.08. The highest BCUT2D eigenvalue weighted by Gasteiger charge is 2.54. The van der Waals surface area contributed by atoms with E-state index in [0.717, 1.165) is 5.56 Å². The summed E-state index contributed by atoms with van der Waals surface area (Å²) in [5.41, 5.74) is 0.720. The zero-order valence-corrected chi connectivity index (χ0v) is 13.1. The van der Waals surface area contributed by atoms with E-state index in [4.69, 9.17) is 23.2 Å². The zero-order chi connectivity index (χ0) is 15.6. The molecule has 1 aromatic carbocycles. The van der Waals surface area contributed by atoms with Crippen LogP contribution in [0.2, 0.25) is 10.0 Å². The van der Waals surface area contributed by atoms with Gasteiger partial charge in [0.05, 0.1) is 27.5 Å². The molecule has 1 aliphatic carbocycles. The smallest absolute Gasteiger partial charge is 0.237 e. The van der Waals surface area contributed by atoms with Crippen molar-refractivity contribution in [1.82, 2.24) is 4.90 Å². The van der Waals surface area contributed by atoms with E-state index in [0.29, 0.717) is 41.7 Å². The number of carbonyl (C=O) groups is 2. The number of fused-ring (bicyclic) bond motifs is 2. The van der Waals surface area contributed by atoms with Crippen LogP contribution in [0.5, 0.6) is 0 Å². The van der Waals surface area contributed by atoms with Gasteiger partial charge in [-0.25, -0.2) is 0 Å². The van der Waals surface area contributed by atoms with E-state index in [2.05, 4.69) is 5.32 Å². The Morgan fingerprint density at radius 2 is 2.05 bits per heavy atom. The van der Waals surface area contributed by atoms with E-state index in [-0.39, 0.29) is 17.7 Å². The van der Waals surface area contributed by atoms with E-state index in [9.17, 15) is 14.7 Å². The number of nitrogens with zero attached hydrogens (tertiary/aromatic N) is 1. The number of nitrogens with one attached hydrogen (secondary N) is 1. The van der Waals surface area contributed by atoms with Crippen LogP contribution in [0, 0.1) is 5.92 Å². The van der Waals surface area contributed by atoms with Crippen LogP contribution in [0.3, 0.4) is 0 Å². The molecule has 2 N–H and O–H groups in total. The monoisotopic (exact) mass is 340 g/mol. The minimum atomic E-state index is -0.751. The van der Waals surface area contributed by atoms with Crippen molar-refractivity contribution in [2.45, 2.75) is 24.4 Å². The first-order valence-electron chi connectivity index (χ1n) is 7.20. The van der Waals surface area contributed by atoms with Gasteiger partial charge >= 0.3 is 0 Å². The molecule has 2 amide bonds. The maximum atomic E-state index is 12.5. The summed E-state index contributed by atoms with van der Waals surface area (Å²) in [5, 5.41) is 13.1. The number of aliphatic hydroxyl groups is 1. The van der Waals surface area contributed by atoms with Crippen LogP contribution in [-0.2, 0) is 15.0 Å². The number of hydrogen-bond acceptors (Lipinski definition) is 3. The Morgan fingerprint density at radius 3 is 2.73 bits per heavy atom. The zero-order valence-electron chi connectivity index (χ0n) is 11.6. The SMILES string of the molecule is O=C(C1CC1O)N1CC[C@]2(C1)C(=O)Nc1cc(Cl)c(Cl)cc12. The highest BCUT2D eigenvalue weighted by atomic mass is 35.5. The lowest BCUT2D eigenvalue weighted by atomic mass is 9.81. The van der Waals surface area contributed by atoms with Crippen molar-refractivity contribution in [2.24, 2.45) is 5.92 Å². The third-order valence-corrected chi connectivity index (χ3v) is 5.64. The molecule has 3 atom stereocenters. The number of aliphatic hydroxyl groups excluding tert-OH is 1. The van der Waals surface area contributed by atoms with Gasteiger partial charge in [0.25, 0.3) is 0 Å².